The Morgan fingerprint density at radius 1 is 0.933 bits per heavy atom. The Bertz CT molecular complexity index is 822. The summed E-state index contributed by atoms with van der Waals surface area (Å²) in [5, 5.41) is 0. The van der Waals surface area contributed by atoms with Gasteiger partial charge in [-0.15, -0.1) is 0 Å². The lowest BCUT2D eigenvalue weighted by Crippen LogP contribution is -2.48. The van der Waals surface area contributed by atoms with Crippen LogP contribution < -0.4 is 4.90 Å². The summed E-state index contributed by atoms with van der Waals surface area (Å²) in [6.07, 6.45) is 4.00. The van der Waals surface area contributed by atoms with E-state index >= 15 is 0 Å². The second kappa shape index (κ2) is 9.08. The molecule has 3 aliphatic rings. The Morgan fingerprint density at radius 3 is 2.33 bits per heavy atom. The van der Waals surface area contributed by atoms with Gasteiger partial charge in [0.25, 0.3) is 0 Å². The topological polar surface area (TPSA) is 60.9 Å². The number of amides is 3. The second-order valence-corrected chi connectivity index (χ2v) is 9.84. The largest absolute Gasteiger partial charge is 0.342 e. The third kappa shape index (κ3) is 4.41. The van der Waals surface area contributed by atoms with Crippen LogP contribution in [0.15, 0.2) is 28.7 Å². The number of anilines is 1. The lowest BCUT2D eigenvalue weighted by molar-refractivity contribution is -0.143. The number of carbonyl (C=O) groups is 3. The lowest BCUT2D eigenvalue weighted by atomic mass is 9.92. The summed E-state index contributed by atoms with van der Waals surface area (Å²) in [4.78, 5) is 44.1. The minimum absolute atomic E-state index is 0.00969. The maximum absolute atomic E-state index is 13.1. The highest BCUT2D eigenvalue weighted by atomic mass is 79.9. The second-order valence-electron chi connectivity index (χ2n) is 8.99. The molecule has 2 atom stereocenters. The number of rotatable bonds is 3. The molecule has 0 saturated carbocycles. The highest BCUT2D eigenvalue weighted by Gasteiger charge is 2.39. The highest BCUT2D eigenvalue weighted by molar-refractivity contribution is 9.10. The third-order valence-corrected chi connectivity index (χ3v) is 7.41. The van der Waals surface area contributed by atoms with Crippen molar-refractivity contribution in [2.24, 2.45) is 17.8 Å². The van der Waals surface area contributed by atoms with Crippen molar-refractivity contribution in [1.82, 2.24) is 9.80 Å². The molecule has 0 bridgehead atoms. The fraction of sp³-hybridized carbons (Fsp3) is 0.609. The van der Waals surface area contributed by atoms with E-state index in [1.54, 1.807) is 4.90 Å². The first kappa shape index (κ1) is 21.3. The summed E-state index contributed by atoms with van der Waals surface area (Å²) >= 11 is 3.50. The molecule has 4 rings (SSSR count). The number of carbonyl (C=O) groups excluding carboxylic acids is 3. The van der Waals surface area contributed by atoms with Crippen LogP contribution in [0.5, 0.6) is 0 Å². The maximum atomic E-state index is 13.1. The molecule has 2 unspecified atom stereocenters. The summed E-state index contributed by atoms with van der Waals surface area (Å²) in [6.45, 7) is 5.59. The zero-order valence-corrected chi connectivity index (χ0v) is 19.1. The molecule has 3 heterocycles. The SMILES string of the molecule is CC1CCCN(C(=O)C2CCN(C(=O)C3CC(=O)N(c4ccccc4Br)C3)CC2)C1. The van der Waals surface area contributed by atoms with Crippen molar-refractivity contribution < 1.29 is 14.4 Å². The predicted octanol–water partition coefficient (Wildman–Crippen LogP) is 3.30. The average Bonchev–Trinajstić information content (AvgIpc) is 3.14. The summed E-state index contributed by atoms with van der Waals surface area (Å²) in [5.74, 6) is 0.614. The molecule has 3 aliphatic heterocycles. The van der Waals surface area contributed by atoms with Crippen LogP contribution in [0.2, 0.25) is 0 Å². The molecule has 1 aromatic carbocycles. The summed E-state index contributed by atoms with van der Waals surface area (Å²) < 4.78 is 0.859. The molecule has 0 spiro atoms. The Hall–Kier alpha value is -1.89. The molecule has 0 N–H and O–H groups in total. The summed E-state index contributed by atoms with van der Waals surface area (Å²) in [6, 6.07) is 7.61. The Morgan fingerprint density at radius 2 is 1.63 bits per heavy atom. The molecule has 0 radical (unpaired) electrons. The Balaban J connectivity index is 1.32. The van der Waals surface area contributed by atoms with E-state index < -0.39 is 0 Å². The number of benzene rings is 1. The van der Waals surface area contributed by atoms with E-state index in [1.165, 1.54) is 6.42 Å². The molecule has 0 aliphatic carbocycles. The van der Waals surface area contributed by atoms with Crippen LogP contribution in [-0.2, 0) is 14.4 Å². The van der Waals surface area contributed by atoms with E-state index in [9.17, 15) is 14.4 Å². The highest BCUT2D eigenvalue weighted by Crippen LogP contribution is 2.32. The molecule has 3 fully saturated rings. The first-order valence-corrected chi connectivity index (χ1v) is 11.9. The zero-order valence-electron chi connectivity index (χ0n) is 17.6. The number of halogens is 1. The number of hydrogen-bond acceptors (Lipinski definition) is 3. The first-order chi connectivity index (χ1) is 14.4. The van der Waals surface area contributed by atoms with Crippen molar-refractivity contribution in [3.05, 3.63) is 28.7 Å². The standard InChI is InChI=1S/C23H30BrN3O3/c1-16-5-4-10-26(14-16)22(29)17-8-11-25(12-9-17)23(30)18-13-21(28)27(15-18)20-7-3-2-6-19(20)24/h2-3,6-7,16-18H,4-5,8-15H2,1H3. The Kier molecular flexibility index (Phi) is 6.46. The molecular formula is C23H30BrN3O3. The van der Waals surface area contributed by atoms with Gasteiger partial charge in [0.05, 0.1) is 11.6 Å². The van der Waals surface area contributed by atoms with Crippen LogP contribution in [0.25, 0.3) is 0 Å². The first-order valence-electron chi connectivity index (χ1n) is 11.1. The van der Waals surface area contributed by atoms with Crippen LogP contribution in [0.3, 0.4) is 0 Å². The van der Waals surface area contributed by atoms with E-state index in [1.807, 2.05) is 34.1 Å². The molecule has 7 heteroatoms. The molecule has 1 aromatic rings. The van der Waals surface area contributed by atoms with Crippen molar-refractivity contribution >= 4 is 39.3 Å². The molecule has 162 valence electrons. The fourth-order valence-corrected chi connectivity index (χ4v) is 5.53. The predicted molar refractivity (Wildman–Crippen MR) is 119 cm³/mol. The van der Waals surface area contributed by atoms with Crippen molar-refractivity contribution in [2.75, 3.05) is 37.6 Å². The van der Waals surface area contributed by atoms with Gasteiger partial charge in [0.15, 0.2) is 0 Å². The molecule has 3 saturated heterocycles. The number of nitrogens with zero attached hydrogens (tertiary/aromatic N) is 3. The minimum Gasteiger partial charge on any atom is -0.342 e. The smallest absolute Gasteiger partial charge is 0.228 e. The van der Waals surface area contributed by atoms with Crippen LogP contribution in [0.1, 0.15) is 39.0 Å². The van der Waals surface area contributed by atoms with Crippen LogP contribution in [0, 0.1) is 17.8 Å². The molecular weight excluding hydrogens is 446 g/mol. The van der Waals surface area contributed by atoms with Gasteiger partial charge in [-0.2, -0.15) is 0 Å². The van der Waals surface area contributed by atoms with Gasteiger partial charge in [0.1, 0.15) is 0 Å². The van der Waals surface area contributed by atoms with Crippen molar-refractivity contribution in [3.63, 3.8) is 0 Å². The fourth-order valence-electron chi connectivity index (χ4n) is 5.03. The van der Waals surface area contributed by atoms with Crippen molar-refractivity contribution in [2.45, 2.75) is 39.0 Å². The van der Waals surface area contributed by atoms with E-state index in [2.05, 4.69) is 22.9 Å². The van der Waals surface area contributed by atoms with Gasteiger partial charge in [-0.3, -0.25) is 14.4 Å². The normalized spacial score (nSPS) is 25.7. The van der Waals surface area contributed by atoms with E-state index in [0.717, 1.165) is 42.5 Å². The number of piperidine rings is 2. The quantitative estimate of drug-likeness (QED) is 0.673. The van der Waals surface area contributed by atoms with Gasteiger partial charge < -0.3 is 14.7 Å². The molecule has 30 heavy (non-hydrogen) atoms. The van der Waals surface area contributed by atoms with Crippen molar-refractivity contribution in [3.8, 4) is 0 Å². The van der Waals surface area contributed by atoms with Gasteiger partial charge in [-0.05, 0) is 59.7 Å². The van der Waals surface area contributed by atoms with Gasteiger partial charge in [0, 0.05) is 49.5 Å². The number of para-hydroxylation sites is 1. The summed E-state index contributed by atoms with van der Waals surface area (Å²) in [7, 11) is 0. The minimum atomic E-state index is -0.306. The van der Waals surface area contributed by atoms with Gasteiger partial charge in [-0.1, -0.05) is 19.1 Å². The number of likely N-dealkylation sites (tertiary alicyclic amines) is 2. The molecule has 3 amide bonds. The number of hydrogen-bond donors (Lipinski definition) is 0. The lowest BCUT2D eigenvalue weighted by Gasteiger charge is -2.37. The van der Waals surface area contributed by atoms with Crippen molar-refractivity contribution in [1.29, 1.82) is 0 Å². The summed E-state index contributed by atoms with van der Waals surface area (Å²) in [5.41, 5.74) is 0.817. The average molecular weight is 476 g/mol. The van der Waals surface area contributed by atoms with Crippen LogP contribution in [-0.4, -0.2) is 60.2 Å². The van der Waals surface area contributed by atoms with E-state index in [-0.39, 0.29) is 36.0 Å². The van der Waals surface area contributed by atoms with Crippen LogP contribution >= 0.6 is 15.9 Å². The molecule has 0 aromatic heterocycles. The zero-order chi connectivity index (χ0) is 21.3. The van der Waals surface area contributed by atoms with Crippen LogP contribution in [0.4, 0.5) is 5.69 Å². The Labute approximate surface area is 186 Å². The molecule has 6 nitrogen and oxygen atoms in total. The van der Waals surface area contributed by atoms with Gasteiger partial charge in [-0.25, -0.2) is 0 Å². The maximum Gasteiger partial charge on any atom is 0.228 e. The third-order valence-electron chi connectivity index (χ3n) is 6.74. The van der Waals surface area contributed by atoms with E-state index in [4.69, 9.17) is 0 Å². The monoisotopic (exact) mass is 475 g/mol. The van der Waals surface area contributed by atoms with Gasteiger partial charge in [0.2, 0.25) is 17.7 Å². The van der Waals surface area contributed by atoms with Gasteiger partial charge >= 0.3 is 0 Å². The van der Waals surface area contributed by atoms with E-state index in [0.29, 0.717) is 25.6 Å².